The van der Waals surface area contributed by atoms with E-state index >= 15 is 0 Å². The predicted octanol–water partition coefficient (Wildman–Crippen LogP) is 3.28. The van der Waals surface area contributed by atoms with E-state index in [-0.39, 0.29) is 12.1 Å². The largest absolute Gasteiger partial charge is 0.493 e. The molecule has 2 aromatic rings. The van der Waals surface area contributed by atoms with Crippen LogP contribution >= 0.6 is 15.9 Å². The van der Waals surface area contributed by atoms with Crippen molar-refractivity contribution in [1.82, 2.24) is 9.78 Å². The maximum absolute atomic E-state index is 6.38. The van der Waals surface area contributed by atoms with Gasteiger partial charge in [-0.2, -0.15) is 5.10 Å². The van der Waals surface area contributed by atoms with Crippen molar-refractivity contribution < 1.29 is 4.74 Å². The zero-order valence-electron chi connectivity index (χ0n) is 11.3. The molecule has 1 atom stereocenters. The lowest BCUT2D eigenvalue weighted by molar-refractivity contribution is 0.401. The zero-order chi connectivity index (χ0) is 14.0. The number of ether oxygens (including phenoxy) is 1. The van der Waals surface area contributed by atoms with Gasteiger partial charge in [0.25, 0.3) is 0 Å². The van der Waals surface area contributed by atoms with Crippen LogP contribution < -0.4 is 10.5 Å². The maximum atomic E-state index is 6.38. The molecule has 2 rings (SSSR count). The quantitative estimate of drug-likeness (QED) is 0.939. The van der Waals surface area contributed by atoms with Crippen LogP contribution in [0.1, 0.15) is 37.2 Å². The van der Waals surface area contributed by atoms with Gasteiger partial charge < -0.3 is 10.5 Å². The van der Waals surface area contributed by atoms with Gasteiger partial charge in [0.05, 0.1) is 19.3 Å². The second-order valence-corrected chi connectivity index (χ2v) is 5.58. The smallest absolute Gasteiger partial charge is 0.161 e. The summed E-state index contributed by atoms with van der Waals surface area (Å²) in [5.74, 6) is 0.723. The molecule has 102 valence electrons. The van der Waals surface area contributed by atoms with Crippen LogP contribution in [0.4, 0.5) is 0 Å². The average Bonchev–Trinajstić information content (AvgIpc) is 2.81. The summed E-state index contributed by atoms with van der Waals surface area (Å²) in [6, 6.07) is 7.94. The molecule has 0 fully saturated rings. The summed E-state index contributed by atoms with van der Waals surface area (Å²) in [5, 5.41) is 4.36. The van der Waals surface area contributed by atoms with Crippen LogP contribution in [0.25, 0.3) is 0 Å². The number of hydrogen-bond donors (Lipinski definition) is 1. The molecule has 1 heterocycles. The number of aromatic nitrogens is 2. The molecule has 2 N–H and O–H groups in total. The Morgan fingerprint density at radius 2 is 2.11 bits per heavy atom. The molecule has 0 amide bonds. The summed E-state index contributed by atoms with van der Waals surface area (Å²) >= 11 is 3.47. The molecule has 0 aliphatic carbocycles. The van der Waals surface area contributed by atoms with Crippen molar-refractivity contribution in [3.8, 4) is 5.75 Å². The molecule has 0 saturated carbocycles. The Balaban J connectivity index is 2.48. The fourth-order valence-corrected chi connectivity index (χ4v) is 2.50. The molecule has 1 aromatic carbocycles. The Hall–Kier alpha value is -1.33. The normalized spacial score (nSPS) is 12.7. The SMILES string of the molecule is COc1cnn(C(C)C)c1C(N)c1cccc(Br)c1. The first-order valence-corrected chi connectivity index (χ1v) is 6.96. The Morgan fingerprint density at radius 1 is 1.37 bits per heavy atom. The highest BCUT2D eigenvalue weighted by atomic mass is 79.9. The van der Waals surface area contributed by atoms with Crippen molar-refractivity contribution in [2.24, 2.45) is 5.73 Å². The van der Waals surface area contributed by atoms with Gasteiger partial charge in [-0.05, 0) is 31.5 Å². The molecule has 0 aliphatic heterocycles. The first-order chi connectivity index (χ1) is 9.04. The predicted molar refractivity (Wildman–Crippen MR) is 79.3 cm³/mol. The van der Waals surface area contributed by atoms with Crippen LogP contribution in [0, 0.1) is 0 Å². The number of rotatable bonds is 4. The van der Waals surface area contributed by atoms with Gasteiger partial charge in [-0.25, -0.2) is 0 Å². The van der Waals surface area contributed by atoms with Gasteiger partial charge in [0.2, 0.25) is 0 Å². The fourth-order valence-electron chi connectivity index (χ4n) is 2.08. The molecular formula is C14H18BrN3O. The Kier molecular flexibility index (Phi) is 4.27. The highest BCUT2D eigenvalue weighted by molar-refractivity contribution is 9.10. The molecular weight excluding hydrogens is 306 g/mol. The minimum Gasteiger partial charge on any atom is -0.493 e. The van der Waals surface area contributed by atoms with Crippen LogP contribution in [0.3, 0.4) is 0 Å². The highest BCUT2D eigenvalue weighted by Crippen LogP contribution is 2.31. The molecule has 4 nitrogen and oxygen atoms in total. The summed E-state index contributed by atoms with van der Waals surface area (Å²) in [6.07, 6.45) is 1.72. The molecule has 0 saturated heterocycles. The van der Waals surface area contributed by atoms with E-state index in [2.05, 4.69) is 34.9 Å². The summed E-state index contributed by atoms with van der Waals surface area (Å²) < 4.78 is 8.29. The topological polar surface area (TPSA) is 53.1 Å². The van der Waals surface area contributed by atoms with E-state index in [1.54, 1.807) is 13.3 Å². The Bertz CT molecular complexity index is 566. The molecule has 1 aromatic heterocycles. The second kappa shape index (κ2) is 5.75. The number of nitrogens with zero attached hydrogens (tertiary/aromatic N) is 2. The lowest BCUT2D eigenvalue weighted by Crippen LogP contribution is -2.19. The first kappa shape index (κ1) is 14.1. The number of hydrogen-bond acceptors (Lipinski definition) is 3. The molecule has 19 heavy (non-hydrogen) atoms. The second-order valence-electron chi connectivity index (χ2n) is 4.67. The van der Waals surface area contributed by atoms with E-state index in [9.17, 15) is 0 Å². The van der Waals surface area contributed by atoms with Gasteiger partial charge in [0.1, 0.15) is 5.69 Å². The molecule has 0 spiro atoms. The van der Waals surface area contributed by atoms with Gasteiger partial charge >= 0.3 is 0 Å². The van der Waals surface area contributed by atoms with Crippen LogP contribution in [0.2, 0.25) is 0 Å². The third-order valence-corrected chi connectivity index (χ3v) is 3.50. The van der Waals surface area contributed by atoms with E-state index in [0.29, 0.717) is 0 Å². The molecule has 1 unspecified atom stereocenters. The van der Waals surface area contributed by atoms with Gasteiger partial charge in [-0.1, -0.05) is 28.1 Å². The number of halogens is 1. The van der Waals surface area contributed by atoms with Crippen molar-refractivity contribution >= 4 is 15.9 Å². The van der Waals surface area contributed by atoms with E-state index in [4.69, 9.17) is 10.5 Å². The third-order valence-electron chi connectivity index (χ3n) is 3.01. The summed E-state index contributed by atoms with van der Waals surface area (Å²) in [6.45, 7) is 4.15. The van der Waals surface area contributed by atoms with Crippen LogP contribution in [0.5, 0.6) is 5.75 Å². The Morgan fingerprint density at radius 3 is 2.68 bits per heavy atom. The number of nitrogens with two attached hydrogens (primary N) is 1. The van der Waals surface area contributed by atoms with Gasteiger partial charge in [0.15, 0.2) is 5.75 Å². The number of benzene rings is 1. The van der Waals surface area contributed by atoms with Crippen LogP contribution in [0.15, 0.2) is 34.9 Å². The van der Waals surface area contributed by atoms with E-state index < -0.39 is 0 Å². The molecule has 0 bridgehead atoms. The highest BCUT2D eigenvalue weighted by Gasteiger charge is 2.21. The maximum Gasteiger partial charge on any atom is 0.161 e. The number of methoxy groups -OCH3 is 1. The summed E-state index contributed by atoms with van der Waals surface area (Å²) in [7, 11) is 1.64. The van der Waals surface area contributed by atoms with E-state index in [1.807, 2.05) is 28.9 Å². The van der Waals surface area contributed by atoms with Gasteiger partial charge in [0, 0.05) is 10.5 Å². The van der Waals surface area contributed by atoms with Crippen LogP contribution in [-0.2, 0) is 0 Å². The summed E-state index contributed by atoms with van der Waals surface area (Å²) in [4.78, 5) is 0. The summed E-state index contributed by atoms with van der Waals surface area (Å²) in [5.41, 5.74) is 8.30. The standard InChI is InChI=1S/C14H18BrN3O/c1-9(2)18-14(12(19-3)8-17-18)13(16)10-5-4-6-11(15)7-10/h4-9,13H,16H2,1-3H3. The van der Waals surface area contributed by atoms with Crippen molar-refractivity contribution in [3.05, 3.63) is 46.2 Å². The van der Waals surface area contributed by atoms with E-state index in [0.717, 1.165) is 21.5 Å². The van der Waals surface area contributed by atoms with Crippen LogP contribution in [-0.4, -0.2) is 16.9 Å². The van der Waals surface area contributed by atoms with Crippen molar-refractivity contribution in [3.63, 3.8) is 0 Å². The minimum atomic E-state index is -0.266. The molecule has 0 radical (unpaired) electrons. The molecule has 5 heteroatoms. The lowest BCUT2D eigenvalue weighted by Gasteiger charge is -2.18. The van der Waals surface area contributed by atoms with Crippen molar-refractivity contribution in [1.29, 1.82) is 0 Å². The fraction of sp³-hybridized carbons (Fsp3) is 0.357. The van der Waals surface area contributed by atoms with Crippen molar-refractivity contribution in [2.45, 2.75) is 25.9 Å². The van der Waals surface area contributed by atoms with E-state index in [1.165, 1.54) is 0 Å². The lowest BCUT2D eigenvalue weighted by atomic mass is 10.0. The zero-order valence-corrected chi connectivity index (χ0v) is 12.9. The Labute approximate surface area is 121 Å². The average molecular weight is 324 g/mol. The van der Waals surface area contributed by atoms with Gasteiger partial charge in [-0.15, -0.1) is 0 Å². The third kappa shape index (κ3) is 2.82. The minimum absolute atomic E-state index is 0.233. The molecule has 0 aliphatic rings. The van der Waals surface area contributed by atoms with Crippen molar-refractivity contribution in [2.75, 3.05) is 7.11 Å². The first-order valence-electron chi connectivity index (χ1n) is 6.17. The van der Waals surface area contributed by atoms with Gasteiger partial charge in [-0.3, -0.25) is 4.68 Å². The monoisotopic (exact) mass is 323 g/mol.